The zero-order valence-corrected chi connectivity index (χ0v) is 23.9. The molecule has 0 bridgehead atoms. The second-order valence-corrected chi connectivity index (χ2v) is 10.5. The number of ether oxygens (including phenoxy) is 1. The van der Waals surface area contributed by atoms with Gasteiger partial charge in [-0.1, -0.05) is 59.6 Å². The number of nitro groups is 1. The number of anilines is 1. The number of benzene rings is 3. The van der Waals surface area contributed by atoms with Crippen molar-refractivity contribution in [1.82, 2.24) is 5.32 Å². The van der Waals surface area contributed by atoms with Crippen molar-refractivity contribution in [3.8, 4) is 11.1 Å². The molecule has 41 heavy (non-hydrogen) atoms. The molecule has 4 rings (SSSR count). The Bertz CT molecular complexity index is 1440. The Balaban J connectivity index is 1.38. The normalized spacial score (nSPS) is 13.2. The van der Waals surface area contributed by atoms with Gasteiger partial charge in [-0.25, -0.2) is 4.79 Å². The van der Waals surface area contributed by atoms with E-state index in [1.807, 2.05) is 35.2 Å². The van der Waals surface area contributed by atoms with Crippen LogP contribution in [0.3, 0.4) is 0 Å². The van der Waals surface area contributed by atoms with E-state index in [-0.39, 0.29) is 46.3 Å². The van der Waals surface area contributed by atoms with Crippen molar-refractivity contribution in [1.29, 1.82) is 0 Å². The van der Waals surface area contributed by atoms with Gasteiger partial charge in [0.05, 0.1) is 27.6 Å². The fourth-order valence-electron chi connectivity index (χ4n) is 4.88. The van der Waals surface area contributed by atoms with E-state index in [0.29, 0.717) is 13.1 Å². The summed E-state index contributed by atoms with van der Waals surface area (Å²) in [5.41, 5.74) is 3.42. The average Bonchev–Trinajstić information content (AvgIpc) is 2.97. The third-order valence-electron chi connectivity index (χ3n) is 7.03. The topological polar surface area (TPSA) is 119 Å². The Hall–Kier alpha value is -3.95. The number of Topliss-reactive ketones (excluding diaryl/α,β-unsaturated/α-hetero) is 1. The third kappa shape index (κ3) is 7.42. The van der Waals surface area contributed by atoms with Gasteiger partial charge in [-0.2, -0.15) is 0 Å². The van der Waals surface area contributed by atoms with Gasteiger partial charge in [-0.05, 0) is 48.1 Å². The number of nitrogens with one attached hydrogen (secondary N) is 1. The molecule has 0 aliphatic carbocycles. The molecule has 1 amide bonds. The van der Waals surface area contributed by atoms with Gasteiger partial charge < -0.3 is 15.0 Å². The molecule has 11 heteroatoms. The Morgan fingerprint density at radius 1 is 1.02 bits per heavy atom. The molecular formula is C30H29Cl2N3O6. The van der Waals surface area contributed by atoms with E-state index in [0.717, 1.165) is 35.2 Å². The number of ketones is 1. The lowest BCUT2D eigenvalue weighted by Gasteiger charge is -2.31. The summed E-state index contributed by atoms with van der Waals surface area (Å²) in [5, 5.41) is 14.1. The first kappa shape index (κ1) is 30.0. The van der Waals surface area contributed by atoms with Gasteiger partial charge in [-0.3, -0.25) is 19.7 Å². The monoisotopic (exact) mass is 597 g/mol. The number of rotatable bonds is 11. The third-order valence-corrected chi connectivity index (χ3v) is 7.63. The zero-order valence-electron chi connectivity index (χ0n) is 22.4. The van der Waals surface area contributed by atoms with E-state index in [9.17, 15) is 24.5 Å². The van der Waals surface area contributed by atoms with Crippen molar-refractivity contribution in [2.24, 2.45) is 0 Å². The highest BCUT2D eigenvalue weighted by Gasteiger charge is 2.26. The quantitative estimate of drug-likeness (QED) is 0.163. The number of carbonyl (C=O) groups excluding carboxylic acids is 3. The zero-order chi connectivity index (χ0) is 29.5. The number of carbonyl (C=O) groups is 3. The Labute approximate surface area is 247 Å². The van der Waals surface area contributed by atoms with Crippen LogP contribution in [-0.2, 0) is 20.7 Å². The summed E-state index contributed by atoms with van der Waals surface area (Å²) in [7, 11) is 1.20. The van der Waals surface area contributed by atoms with Crippen molar-refractivity contribution in [2.45, 2.75) is 38.1 Å². The average molecular weight is 598 g/mol. The number of nitrogens with zero attached hydrogens (tertiary/aromatic N) is 2. The van der Waals surface area contributed by atoms with Crippen LogP contribution in [-0.4, -0.2) is 48.8 Å². The summed E-state index contributed by atoms with van der Waals surface area (Å²) in [6.07, 6.45) is 1.93. The highest BCUT2D eigenvalue weighted by Crippen LogP contribution is 2.33. The fraction of sp³-hybridized carbons (Fsp3) is 0.300. The van der Waals surface area contributed by atoms with Crippen molar-refractivity contribution in [2.75, 3.05) is 25.1 Å². The minimum atomic E-state index is -1.09. The first-order valence-electron chi connectivity index (χ1n) is 13.1. The Morgan fingerprint density at radius 2 is 1.73 bits per heavy atom. The lowest BCUT2D eigenvalue weighted by atomic mass is 10.00. The van der Waals surface area contributed by atoms with E-state index < -0.39 is 22.8 Å². The second kappa shape index (κ2) is 13.6. The molecule has 0 saturated carbocycles. The molecule has 1 aliphatic heterocycles. The molecule has 1 heterocycles. The second-order valence-electron chi connectivity index (χ2n) is 9.72. The van der Waals surface area contributed by atoms with Crippen LogP contribution >= 0.6 is 23.2 Å². The number of aryl methyl sites for hydroxylation is 1. The fourth-order valence-corrected chi connectivity index (χ4v) is 5.54. The van der Waals surface area contributed by atoms with Crippen LogP contribution in [0.4, 0.5) is 11.4 Å². The number of nitro benzene ring substituents is 1. The molecule has 0 radical (unpaired) electrons. The molecular weight excluding hydrogens is 569 g/mol. The highest BCUT2D eigenvalue weighted by molar-refractivity contribution is 6.40. The first-order chi connectivity index (χ1) is 19.7. The van der Waals surface area contributed by atoms with E-state index in [2.05, 4.69) is 5.32 Å². The van der Waals surface area contributed by atoms with Crippen molar-refractivity contribution >= 4 is 52.2 Å². The largest absolute Gasteiger partial charge is 0.467 e. The smallest absolute Gasteiger partial charge is 0.328 e. The summed E-state index contributed by atoms with van der Waals surface area (Å²) < 4.78 is 4.85. The Kier molecular flexibility index (Phi) is 9.96. The summed E-state index contributed by atoms with van der Waals surface area (Å²) in [5.74, 6) is -1.47. The molecule has 3 aromatic carbocycles. The molecule has 3 aromatic rings. The number of non-ortho nitro benzene ring substituents is 1. The molecule has 0 spiro atoms. The van der Waals surface area contributed by atoms with Gasteiger partial charge in [0.2, 0.25) is 0 Å². The standard InChI is InChI=1S/C30H29Cl2N3O6/c1-41-30(38)26(33-29(37)28-24(31)16-21(17-25(28)32)19-6-3-2-4-7-19)12-11-23(36)13-15-34-14-5-8-20-9-10-22(35(39)40)18-27(20)34/h2-4,6-7,9-10,16-18,26H,5,8,11-15H2,1H3,(H,33,37)/t26-/m0/s1. The molecule has 1 atom stereocenters. The van der Waals surface area contributed by atoms with Crippen LogP contribution in [0.25, 0.3) is 11.1 Å². The molecule has 1 N–H and O–H groups in total. The SMILES string of the molecule is COC(=O)[C@H](CCC(=O)CCN1CCCc2ccc([N+](=O)[O-])cc21)NC(=O)c1c(Cl)cc(-c2ccccc2)cc1Cl. The van der Waals surface area contributed by atoms with Crippen LogP contribution in [0, 0.1) is 10.1 Å². The maximum Gasteiger partial charge on any atom is 0.328 e. The van der Waals surface area contributed by atoms with Crippen molar-refractivity contribution in [3.63, 3.8) is 0 Å². The minimum Gasteiger partial charge on any atom is -0.467 e. The van der Waals surface area contributed by atoms with Crippen LogP contribution in [0.15, 0.2) is 60.7 Å². The van der Waals surface area contributed by atoms with Crippen LogP contribution in [0.2, 0.25) is 10.0 Å². The van der Waals surface area contributed by atoms with Gasteiger partial charge in [0.25, 0.3) is 11.6 Å². The van der Waals surface area contributed by atoms with Gasteiger partial charge in [0, 0.05) is 43.8 Å². The maximum atomic E-state index is 13.1. The highest BCUT2D eigenvalue weighted by atomic mass is 35.5. The molecule has 0 fully saturated rings. The van der Waals surface area contributed by atoms with E-state index in [4.69, 9.17) is 27.9 Å². The number of amides is 1. The van der Waals surface area contributed by atoms with Crippen LogP contribution in [0.1, 0.15) is 41.6 Å². The molecule has 0 aromatic heterocycles. The van der Waals surface area contributed by atoms with Gasteiger partial charge >= 0.3 is 5.97 Å². The van der Waals surface area contributed by atoms with Crippen LogP contribution < -0.4 is 10.2 Å². The van der Waals surface area contributed by atoms with Gasteiger partial charge in [0.15, 0.2) is 0 Å². The van der Waals surface area contributed by atoms with Gasteiger partial charge in [0.1, 0.15) is 11.8 Å². The summed E-state index contributed by atoms with van der Waals surface area (Å²) in [6.45, 7) is 1.08. The minimum absolute atomic E-state index is 0.00792. The number of hydrogen-bond donors (Lipinski definition) is 1. The maximum absolute atomic E-state index is 13.1. The van der Waals surface area contributed by atoms with E-state index >= 15 is 0 Å². The Morgan fingerprint density at radius 3 is 2.39 bits per heavy atom. The predicted molar refractivity (Wildman–Crippen MR) is 158 cm³/mol. The van der Waals surface area contributed by atoms with E-state index in [1.54, 1.807) is 24.3 Å². The van der Waals surface area contributed by atoms with E-state index in [1.165, 1.54) is 13.2 Å². The number of methoxy groups -OCH3 is 1. The summed E-state index contributed by atoms with van der Waals surface area (Å²) in [4.78, 5) is 51.1. The van der Waals surface area contributed by atoms with Crippen molar-refractivity contribution < 1.29 is 24.0 Å². The van der Waals surface area contributed by atoms with Crippen LogP contribution in [0.5, 0.6) is 0 Å². The van der Waals surface area contributed by atoms with Gasteiger partial charge in [-0.15, -0.1) is 0 Å². The summed E-state index contributed by atoms with van der Waals surface area (Å²) in [6, 6.07) is 16.4. The lowest BCUT2D eigenvalue weighted by molar-refractivity contribution is -0.384. The number of hydrogen-bond acceptors (Lipinski definition) is 7. The number of halogens is 2. The number of esters is 1. The molecule has 214 valence electrons. The molecule has 0 unspecified atom stereocenters. The predicted octanol–water partition coefficient (Wildman–Crippen LogP) is 6.03. The molecule has 9 nitrogen and oxygen atoms in total. The van der Waals surface area contributed by atoms with Crippen molar-refractivity contribution in [3.05, 3.63) is 92.0 Å². The summed E-state index contributed by atoms with van der Waals surface area (Å²) >= 11 is 12.8. The first-order valence-corrected chi connectivity index (χ1v) is 13.9. The number of fused-ring (bicyclic) bond motifs is 1. The molecule has 1 aliphatic rings. The lowest BCUT2D eigenvalue weighted by Crippen LogP contribution is -2.42. The molecule has 0 saturated heterocycles.